The second kappa shape index (κ2) is 9.35. The van der Waals surface area contributed by atoms with Crippen LogP contribution in [0.3, 0.4) is 0 Å². The van der Waals surface area contributed by atoms with E-state index in [1.807, 2.05) is 6.26 Å². The molecule has 0 spiro atoms. The molecule has 0 saturated carbocycles. The number of nitrogens with zero attached hydrogens (tertiary/aromatic N) is 2. The van der Waals surface area contributed by atoms with Crippen molar-refractivity contribution >= 4 is 35.4 Å². The van der Waals surface area contributed by atoms with Crippen molar-refractivity contribution in [3.05, 3.63) is 35.4 Å². The maximum Gasteiger partial charge on any atom is 0.357 e. The Hall–Kier alpha value is -2.39. The number of rotatable bonds is 9. The summed E-state index contributed by atoms with van der Waals surface area (Å²) in [4.78, 5) is 43.5. The van der Waals surface area contributed by atoms with Gasteiger partial charge in [-0.3, -0.25) is 14.5 Å². The van der Waals surface area contributed by atoms with Gasteiger partial charge in [-0.2, -0.15) is 11.8 Å². The number of amides is 2. The first-order valence-electron chi connectivity index (χ1n) is 7.99. The molecule has 0 fully saturated rings. The van der Waals surface area contributed by atoms with Crippen molar-refractivity contribution in [2.45, 2.75) is 18.9 Å². The molecule has 0 unspecified atom stereocenters. The summed E-state index contributed by atoms with van der Waals surface area (Å²) in [7, 11) is 1.51. The van der Waals surface area contributed by atoms with E-state index in [0.29, 0.717) is 18.8 Å². The lowest BCUT2D eigenvalue weighted by Gasteiger charge is -2.23. The molecular formula is C17H21N3O5S. The molecule has 9 heteroatoms. The molecule has 8 nitrogen and oxygen atoms in total. The number of methoxy groups -OCH3 is 1. The molecule has 26 heavy (non-hydrogen) atoms. The average Bonchev–Trinajstić information content (AvgIpc) is 2.90. The predicted molar refractivity (Wildman–Crippen MR) is 97.9 cm³/mol. The number of nitrogens with two attached hydrogens (primary N) is 1. The summed E-state index contributed by atoms with van der Waals surface area (Å²) in [6.45, 7) is 0.335. The van der Waals surface area contributed by atoms with Gasteiger partial charge in [0.05, 0.1) is 17.7 Å². The van der Waals surface area contributed by atoms with Crippen LogP contribution in [0.2, 0.25) is 0 Å². The Kier molecular flexibility index (Phi) is 7.16. The lowest BCUT2D eigenvalue weighted by Crippen LogP contribution is -2.45. The van der Waals surface area contributed by atoms with Gasteiger partial charge in [-0.1, -0.05) is 17.3 Å². The van der Waals surface area contributed by atoms with Crippen molar-refractivity contribution in [2.24, 2.45) is 10.9 Å². The van der Waals surface area contributed by atoms with E-state index < -0.39 is 23.8 Å². The number of carbonyl (C=O) groups excluding carboxylic acids is 3. The van der Waals surface area contributed by atoms with Crippen LogP contribution in [-0.2, 0) is 14.4 Å². The van der Waals surface area contributed by atoms with Gasteiger partial charge in [0, 0.05) is 13.5 Å². The first kappa shape index (κ1) is 19.9. The Morgan fingerprint density at radius 1 is 1.27 bits per heavy atom. The number of hydrogen-bond donors (Lipinski definition) is 1. The summed E-state index contributed by atoms with van der Waals surface area (Å²) in [5.74, 6) is -1.16. The van der Waals surface area contributed by atoms with Gasteiger partial charge in [-0.15, -0.1) is 0 Å². The van der Waals surface area contributed by atoms with E-state index in [0.717, 1.165) is 4.90 Å². The monoisotopic (exact) mass is 379 g/mol. The summed E-state index contributed by atoms with van der Waals surface area (Å²) < 4.78 is 4.86. The molecule has 2 amide bonds. The number of carbonyl (C=O) groups is 3. The third-order valence-electron chi connectivity index (χ3n) is 3.82. The maximum atomic E-state index is 12.6. The fourth-order valence-electron chi connectivity index (χ4n) is 2.49. The van der Waals surface area contributed by atoms with Crippen LogP contribution in [0.1, 0.15) is 33.6 Å². The molecule has 140 valence electrons. The van der Waals surface area contributed by atoms with E-state index in [-0.39, 0.29) is 23.4 Å². The largest absolute Gasteiger partial charge is 0.384 e. The predicted octanol–water partition coefficient (Wildman–Crippen LogP) is 1.26. The molecule has 0 radical (unpaired) electrons. The Bertz CT molecular complexity index is 687. The molecular weight excluding hydrogens is 358 g/mol. The van der Waals surface area contributed by atoms with Gasteiger partial charge in [0.25, 0.3) is 11.8 Å². The maximum absolute atomic E-state index is 12.6. The number of amidine groups is 1. The first-order valence-corrected chi connectivity index (χ1v) is 9.38. The number of ether oxygens (including phenoxy) is 1. The normalized spacial score (nSPS) is 15.2. The molecule has 1 aromatic carbocycles. The van der Waals surface area contributed by atoms with Gasteiger partial charge in [0.2, 0.25) is 0 Å². The third-order valence-corrected chi connectivity index (χ3v) is 4.46. The Labute approximate surface area is 155 Å². The standard InChI is InChI=1S/C17H21N3O5S/c1-24-9-7-14(18)19-25-17(23)13(8-10-26-2)20-15(21)11-5-3-4-6-12(11)16(20)22/h3-6,13H,7-10H2,1-2H3,(H2,18,19)/t13-/m1/s1. The van der Waals surface area contributed by atoms with E-state index >= 15 is 0 Å². The van der Waals surface area contributed by atoms with Crippen LogP contribution < -0.4 is 5.73 Å². The topological polar surface area (TPSA) is 111 Å². The van der Waals surface area contributed by atoms with Crippen molar-refractivity contribution in [3.63, 3.8) is 0 Å². The van der Waals surface area contributed by atoms with Gasteiger partial charge >= 0.3 is 5.97 Å². The molecule has 0 aromatic heterocycles. The minimum Gasteiger partial charge on any atom is -0.384 e. The lowest BCUT2D eigenvalue weighted by molar-refractivity contribution is -0.148. The van der Waals surface area contributed by atoms with Crippen LogP contribution in [0, 0.1) is 0 Å². The van der Waals surface area contributed by atoms with Gasteiger partial charge in [0.15, 0.2) is 0 Å². The van der Waals surface area contributed by atoms with Gasteiger partial charge in [0.1, 0.15) is 11.9 Å². The molecule has 1 aliphatic heterocycles. The second-order valence-electron chi connectivity index (χ2n) is 5.56. The van der Waals surface area contributed by atoms with E-state index in [2.05, 4.69) is 5.16 Å². The van der Waals surface area contributed by atoms with Crippen LogP contribution in [0.5, 0.6) is 0 Å². The number of hydrogen-bond acceptors (Lipinski definition) is 7. The van der Waals surface area contributed by atoms with E-state index in [4.69, 9.17) is 15.3 Å². The summed E-state index contributed by atoms with van der Waals surface area (Å²) in [6, 6.07) is 5.40. The summed E-state index contributed by atoms with van der Waals surface area (Å²) in [5.41, 5.74) is 6.19. The first-order chi connectivity index (χ1) is 12.5. The highest BCUT2D eigenvalue weighted by molar-refractivity contribution is 7.98. The molecule has 1 aromatic rings. The quantitative estimate of drug-likeness (QED) is 0.226. The highest BCUT2D eigenvalue weighted by Gasteiger charge is 2.43. The van der Waals surface area contributed by atoms with Crippen molar-refractivity contribution < 1.29 is 24.0 Å². The number of thioether (sulfide) groups is 1. The third kappa shape index (κ3) is 4.41. The summed E-state index contributed by atoms with van der Waals surface area (Å²) in [5, 5.41) is 3.57. The minimum atomic E-state index is -1.06. The zero-order valence-corrected chi connectivity index (χ0v) is 15.5. The van der Waals surface area contributed by atoms with Crippen LogP contribution in [0.4, 0.5) is 0 Å². The number of benzene rings is 1. The van der Waals surface area contributed by atoms with E-state index in [9.17, 15) is 14.4 Å². The molecule has 2 N–H and O–H groups in total. The SMILES string of the molecule is COCC/C(N)=N\OC(=O)[C@@H](CCSC)N1C(=O)c2ccccc2C1=O. The molecule has 1 aliphatic rings. The second-order valence-corrected chi connectivity index (χ2v) is 6.54. The smallest absolute Gasteiger partial charge is 0.357 e. The fraction of sp³-hybridized carbons (Fsp3) is 0.412. The van der Waals surface area contributed by atoms with E-state index in [1.54, 1.807) is 24.3 Å². The molecule has 1 heterocycles. The Morgan fingerprint density at radius 3 is 2.42 bits per heavy atom. The van der Waals surface area contributed by atoms with Crippen molar-refractivity contribution in [1.29, 1.82) is 0 Å². The molecule has 0 bridgehead atoms. The van der Waals surface area contributed by atoms with Crippen LogP contribution in [-0.4, -0.2) is 60.3 Å². The van der Waals surface area contributed by atoms with Crippen LogP contribution >= 0.6 is 11.8 Å². The molecule has 0 saturated heterocycles. The fourth-order valence-corrected chi connectivity index (χ4v) is 2.95. The Morgan fingerprint density at radius 2 is 1.88 bits per heavy atom. The molecule has 0 aliphatic carbocycles. The average molecular weight is 379 g/mol. The molecule has 1 atom stereocenters. The highest BCUT2D eigenvalue weighted by atomic mass is 32.2. The van der Waals surface area contributed by atoms with Crippen LogP contribution in [0.15, 0.2) is 29.4 Å². The van der Waals surface area contributed by atoms with E-state index in [1.165, 1.54) is 18.9 Å². The molecule has 2 rings (SSSR count). The Balaban J connectivity index is 2.18. The zero-order chi connectivity index (χ0) is 19.1. The number of oxime groups is 1. The number of fused-ring (bicyclic) bond motifs is 1. The van der Waals surface area contributed by atoms with Gasteiger partial charge in [-0.05, 0) is 30.6 Å². The van der Waals surface area contributed by atoms with Crippen LogP contribution in [0.25, 0.3) is 0 Å². The van der Waals surface area contributed by atoms with Crippen molar-refractivity contribution in [1.82, 2.24) is 4.90 Å². The van der Waals surface area contributed by atoms with Crippen molar-refractivity contribution in [2.75, 3.05) is 25.7 Å². The summed E-state index contributed by atoms with van der Waals surface area (Å²) in [6.07, 6.45) is 2.43. The van der Waals surface area contributed by atoms with Gasteiger partial charge in [-0.25, -0.2) is 4.79 Å². The van der Waals surface area contributed by atoms with Gasteiger partial charge < -0.3 is 15.3 Å². The summed E-state index contributed by atoms with van der Waals surface area (Å²) >= 11 is 1.49. The van der Waals surface area contributed by atoms with Crippen molar-refractivity contribution in [3.8, 4) is 0 Å². The highest BCUT2D eigenvalue weighted by Crippen LogP contribution is 2.26. The zero-order valence-electron chi connectivity index (χ0n) is 14.6. The minimum absolute atomic E-state index is 0.0891. The number of imide groups is 1. The lowest BCUT2D eigenvalue weighted by atomic mass is 10.1.